The molecule has 0 aromatic heterocycles. The standard InChI is InChI=1S/C11H22N2O2/c1-2-3-4-5-6-13-11(15)9-7-12-8-10(9)14/h9-10,12,14H,2-8H2,1H3,(H,13,15). The van der Waals surface area contributed by atoms with E-state index in [4.69, 9.17) is 0 Å². The van der Waals surface area contributed by atoms with Gasteiger partial charge in [-0.2, -0.15) is 0 Å². The zero-order chi connectivity index (χ0) is 11.1. The van der Waals surface area contributed by atoms with Crippen molar-refractivity contribution in [3.8, 4) is 0 Å². The lowest BCUT2D eigenvalue weighted by molar-refractivity contribution is -0.126. The number of carbonyl (C=O) groups is 1. The van der Waals surface area contributed by atoms with Crippen LogP contribution in [-0.2, 0) is 4.79 Å². The summed E-state index contributed by atoms with van der Waals surface area (Å²) in [6.45, 7) is 4.04. The highest BCUT2D eigenvalue weighted by molar-refractivity contribution is 5.79. The molecule has 4 nitrogen and oxygen atoms in total. The molecule has 0 aliphatic carbocycles. The molecular weight excluding hydrogens is 192 g/mol. The first-order valence-corrected chi connectivity index (χ1v) is 5.92. The average Bonchev–Trinajstić information content (AvgIpc) is 2.64. The third kappa shape index (κ3) is 4.18. The molecule has 1 rings (SSSR count). The number of unbranched alkanes of at least 4 members (excludes halogenated alkanes) is 3. The van der Waals surface area contributed by atoms with Crippen molar-refractivity contribution in [2.45, 2.75) is 38.7 Å². The maximum absolute atomic E-state index is 11.6. The van der Waals surface area contributed by atoms with Crippen molar-refractivity contribution in [2.24, 2.45) is 5.92 Å². The molecule has 88 valence electrons. The van der Waals surface area contributed by atoms with Gasteiger partial charge in [-0.25, -0.2) is 0 Å². The first-order chi connectivity index (χ1) is 7.25. The van der Waals surface area contributed by atoms with Crippen molar-refractivity contribution in [3.05, 3.63) is 0 Å². The van der Waals surface area contributed by atoms with E-state index in [1.54, 1.807) is 0 Å². The van der Waals surface area contributed by atoms with E-state index in [9.17, 15) is 9.90 Å². The summed E-state index contributed by atoms with van der Waals surface area (Å²) in [5.74, 6) is -0.264. The Morgan fingerprint density at radius 1 is 1.40 bits per heavy atom. The van der Waals surface area contributed by atoms with Gasteiger partial charge in [-0.3, -0.25) is 4.79 Å². The Morgan fingerprint density at radius 2 is 2.20 bits per heavy atom. The Bertz CT molecular complexity index is 197. The first kappa shape index (κ1) is 12.5. The maximum Gasteiger partial charge on any atom is 0.227 e. The molecule has 0 radical (unpaired) electrons. The van der Waals surface area contributed by atoms with Gasteiger partial charge in [-0.1, -0.05) is 26.2 Å². The van der Waals surface area contributed by atoms with Crippen LogP contribution < -0.4 is 10.6 Å². The smallest absolute Gasteiger partial charge is 0.227 e. The summed E-state index contributed by atoms with van der Waals surface area (Å²) >= 11 is 0. The number of β-amino-alcohol motifs (C(OH)–C–C–N with tert-alkyl or cyclic N) is 1. The largest absolute Gasteiger partial charge is 0.391 e. The molecule has 0 spiro atoms. The molecule has 1 amide bonds. The van der Waals surface area contributed by atoms with Crippen LogP contribution in [0.1, 0.15) is 32.6 Å². The molecular formula is C11H22N2O2. The molecule has 0 aromatic rings. The monoisotopic (exact) mass is 214 g/mol. The van der Waals surface area contributed by atoms with Crippen LogP contribution in [0.3, 0.4) is 0 Å². The third-order valence-corrected chi connectivity index (χ3v) is 2.85. The van der Waals surface area contributed by atoms with Gasteiger partial charge in [-0.15, -0.1) is 0 Å². The van der Waals surface area contributed by atoms with Crippen LogP contribution in [0.2, 0.25) is 0 Å². The quantitative estimate of drug-likeness (QED) is 0.556. The summed E-state index contributed by atoms with van der Waals surface area (Å²) in [5.41, 5.74) is 0. The number of hydrogen-bond donors (Lipinski definition) is 3. The van der Waals surface area contributed by atoms with Crippen molar-refractivity contribution in [1.29, 1.82) is 0 Å². The zero-order valence-electron chi connectivity index (χ0n) is 9.46. The minimum Gasteiger partial charge on any atom is -0.391 e. The van der Waals surface area contributed by atoms with Gasteiger partial charge in [-0.05, 0) is 6.42 Å². The number of hydrogen-bond acceptors (Lipinski definition) is 3. The second-order valence-electron chi connectivity index (χ2n) is 4.18. The fraction of sp³-hybridized carbons (Fsp3) is 0.909. The van der Waals surface area contributed by atoms with Crippen LogP contribution >= 0.6 is 0 Å². The van der Waals surface area contributed by atoms with Crippen molar-refractivity contribution >= 4 is 5.91 Å². The Balaban J connectivity index is 2.08. The van der Waals surface area contributed by atoms with Gasteiger partial charge in [0.2, 0.25) is 5.91 Å². The SMILES string of the molecule is CCCCCCNC(=O)C1CNCC1O. The number of rotatable bonds is 6. The van der Waals surface area contributed by atoms with Crippen molar-refractivity contribution < 1.29 is 9.90 Å². The Labute approximate surface area is 91.4 Å². The second kappa shape index (κ2) is 6.80. The van der Waals surface area contributed by atoms with Crippen LogP contribution in [-0.4, -0.2) is 36.8 Å². The van der Waals surface area contributed by atoms with E-state index in [0.717, 1.165) is 13.0 Å². The minimum absolute atomic E-state index is 0.0102. The number of aliphatic hydroxyl groups is 1. The highest BCUT2D eigenvalue weighted by Crippen LogP contribution is 2.08. The summed E-state index contributed by atoms with van der Waals surface area (Å²) in [7, 11) is 0. The lowest BCUT2D eigenvalue weighted by Gasteiger charge is -2.13. The van der Waals surface area contributed by atoms with Gasteiger partial charge in [0.05, 0.1) is 12.0 Å². The molecule has 0 aromatic carbocycles. The first-order valence-electron chi connectivity index (χ1n) is 5.92. The van der Waals surface area contributed by atoms with Crippen molar-refractivity contribution in [2.75, 3.05) is 19.6 Å². The molecule has 4 heteroatoms. The van der Waals surface area contributed by atoms with Gasteiger partial charge in [0.15, 0.2) is 0 Å². The molecule has 0 bridgehead atoms. The minimum atomic E-state index is -0.513. The van der Waals surface area contributed by atoms with Gasteiger partial charge in [0, 0.05) is 19.6 Å². The molecule has 2 unspecified atom stereocenters. The van der Waals surface area contributed by atoms with Crippen LogP contribution in [0.15, 0.2) is 0 Å². The normalized spacial score (nSPS) is 25.5. The zero-order valence-corrected chi connectivity index (χ0v) is 9.46. The molecule has 0 saturated carbocycles. The Hall–Kier alpha value is -0.610. The Morgan fingerprint density at radius 3 is 2.80 bits per heavy atom. The number of amides is 1. The lowest BCUT2D eigenvalue weighted by atomic mass is 10.1. The van der Waals surface area contributed by atoms with Crippen LogP contribution in [0.25, 0.3) is 0 Å². The number of aliphatic hydroxyl groups excluding tert-OH is 1. The summed E-state index contributed by atoms with van der Waals surface area (Å²) in [6.07, 6.45) is 4.13. The van der Waals surface area contributed by atoms with Crippen LogP contribution in [0.5, 0.6) is 0 Å². The summed E-state index contributed by atoms with van der Waals surface area (Å²) in [5, 5.41) is 15.4. The van der Waals surface area contributed by atoms with Gasteiger partial charge in [0.25, 0.3) is 0 Å². The fourth-order valence-corrected chi connectivity index (χ4v) is 1.83. The van der Waals surface area contributed by atoms with E-state index in [0.29, 0.717) is 13.1 Å². The van der Waals surface area contributed by atoms with Crippen molar-refractivity contribution in [3.63, 3.8) is 0 Å². The predicted octanol–water partition coefficient (Wildman–Crippen LogP) is 0.263. The fourth-order valence-electron chi connectivity index (χ4n) is 1.83. The summed E-state index contributed by atoms with van der Waals surface area (Å²) < 4.78 is 0. The lowest BCUT2D eigenvalue weighted by Crippen LogP contribution is -2.37. The molecule has 1 fully saturated rings. The van der Waals surface area contributed by atoms with Gasteiger partial charge in [0.1, 0.15) is 0 Å². The molecule has 1 saturated heterocycles. The highest BCUT2D eigenvalue weighted by Gasteiger charge is 2.30. The highest BCUT2D eigenvalue weighted by atomic mass is 16.3. The molecule has 1 heterocycles. The second-order valence-corrected chi connectivity index (χ2v) is 4.18. The number of carbonyl (C=O) groups excluding carboxylic acids is 1. The molecule has 2 atom stereocenters. The summed E-state index contributed by atoms with van der Waals surface area (Å²) in [6, 6.07) is 0. The molecule has 3 N–H and O–H groups in total. The third-order valence-electron chi connectivity index (χ3n) is 2.85. The van der Waals surface area contributed by atoms with E-state index in [1.807, 2.05) is 0 Å². The van der Waals surface area contributed by atoms with Gasteiger partial charge < -0.3 is 15.7 Å². The molecule has 1 aliphatic rings. The topological polar surface area (TPSA) is 61.4 Å². The van der Waals surface area contributed by atoms with Crippen LogP contribution in [0.4, 0.5) is 0 Å². The molecule has 15 heavy (non-hydrogen) atoms. The predicted molar refractivity (Wildman–Crippen MR) is 59.5 cm³/mol. The summed E-state index contributed by atoms with van der Waals surface area (Å²) in [4.78, 5) is 11.6. The van der Waals surface area contributed by atoms with E-state index < -0.39 is 6.10 Å². The van der Waals surface area contributed by atoms with Crippen LogP contribution in [0, 0.1) is 5.92 Å². The van der Waals surface area contributed by atoms with Gasteiger partial charge >= 0.3 is 0 Å². The van der Waals surface area contributed by atoms with E-state index in [1.165, 1.54) is 19.3 Å². The molecule has 1 aliphatic heterocycles. The van der Waals surface area contributed by atoms with E-state index in [2.05, 4.69) is 17.6 Å². The van der Waals surface area contributed by atoms with Crippen molar-refractivity contribution in [1.82, 2.24) is 10.6 Å². The average molecular weight is 214 g/mol. The maximum atomic E-state index is 11.6. The Kier molecular flexibility index (Phi) is 5.65. The van der Waals surface area contributed by atoms with E-state index in [-0.39, 0.29) is 11.8 Å². The number of nitrogens with one attached hydrogen (secondary N) is 2. The van der Waals surface area contributed by atoms with E-state index >= 15 is 0 Å².